The number of rotatable bonds is 8. The Morgan fingerprint density at radius 2 is 2.21 bits per heavy atom. The third kappa shape index (κ3) is 6.08. The fourth-order valence-corrected chi connectivity index (χ4v) is 2.85. The van der Waals surface area contributed by atoms with Crippen molar-refractivity contribution in [3.63, 3.8) is 0 Å². The highest BCUT2D eigenvalue weighted by molar-refractivity contribution is 7.07. The van der Waals surface area contributed by atoms with Crippen LogP contribution >= 0.6 is 11.3 Å². The minimum absolute atomic E-state index is 0.0723. The van der Waals surface area contributed by atoms with E-state index in [2.05, 4.69) is 44.7 Å². The zero-order chi connectivity index (χ0) is 17.2. The average molecular weight is 348 g/mol. The number of hydrogen-bond donors (Lipinski definition) is 3. The van der Waals surface area contributed by atoms with Crippen molar-refractivity contribution in [1.29, 1.82) is 0 Å². The molecule has 0 saturated heterocycles. The summed E-state index contributed by atoms with van der Waals surface area (Å²) >= 11 is 1.70. The predicted octanol–water partition coefficient (Wildman–Crippen LogP) is 2.32. The summed E-state index contributed by atoms with van der Waals surface area (Å²) < 4.78 is 5.17. The number of furan rings is 1. The lowest BCUT2D eigenvalue weighted by Crippen LogP contribution is -2.40. The Hall–Kier alpha value is -2.28. The molecule has 2 rings (SSSR count). The maximum Gasteiger partial charge on any atom is 0.242 e. The Labute approximate surface area is 146 Å². The molecule has 2 heterocycles. The first-order chi connectivity index (χ1) is 11.7. The number of carbonyl (C=O) groups excluding carboxylic acids is 1. The van der Waals surface area contributed by atoms with Crippen LogP contribution in [-0.2, 0) is 11.3 Å². The Kier molecular flexibility index (Phi) is 7.35. The van der Waals surface area contributed by atoms with Crippen LogP contribution in [0.5, 0.6) is 0 Å². The molecule has 0 aliphatic carbocycles. The number of guanidine groups is 1. The zero-order valence-electron chi connectivity index (χ0n) is 14.0. The molecule has 1 unspecified atom stereocenters. The molecular weight excluding hydrogens is 324 g/mol. The average Bonchev–Trinajstić information content (AvgIpc) is 3.28. The summed E-state index contributed by atoms with van der Waals surface area (Å²) in [6, 6.07) is 5.74. The Bertz CT molecular complexity index is 623. The molecule has 0 aliphatic heterocycles. The van der Waals surface area contributed by atoms with Gasteiger partial charge in [0.15, 0.2) is 5.96 Å². The summed E-state index contributed by atoms with van der Waals surface area (Å²) in [6.07, 6.45) is 1.58. The van der Waals surface area contributed by atoms with Gasteiger partial charge >= 0.3 is 0 Å². The predicted molar refractivity (Wildman–Crippen MR) is 97.3 cm³/mol. The Morgan fingerprint density at radius 3 is 2.88 bits per heavy atom. The quantitative estimate of drug-likeness (QED) is 0.505. The van der Waals surface area contributed by atoms with E-state index in [1.165, 1.54) is 5.56 Å². The summed E-state index contributed by atoms with van der Waals surface area (Å²) in [5, 5.41) is 13.4. The van der Waals surface area contributed by atoms with Crippen LogP contribution in [0.3, 0.4) is 0 Å². The second kappa shape index (κ2) is 9.77. The first kappa shape index (κ1) is 18.1. The normalized spacial score (nSPS) is 12.7. The molecule has 0 saturated carbocycles. The van der Waals surface area contributed by atoms with Crippen molar-refractivity contribution >= 4 is 23.2 Å². The fourth-order valence-electron chi connectivity index (χ4n) is 2.07. The molecular formula is C17H24N4O2S. The molecule has 1 amide bonds. The number of thiophene rings is 1. The smallest absolute Gasteiger partial charge is 0.242 e. The van der Waals surface area contributed by atoms with Gasteiger partial charge < -0.3 is 20.4 Å². The molecule has 1 atom stereocenters. The monoisotopic (exact) mass is 348 g/mol. The summed E-state index contributed by atoms with van der Waals surface area (Å²) in [4.78, 5) is 16.2. The highest BCUT2D eigenvalue weighted by Crippen LogP contribution is 2.16. The van der Waals surface area contributed by atoms with Crippen molar-refractivity contribution in [1.82, 2.24) is 16.0 Å². The number of hydrogen-bond acceptors (Lipinski definition) is 4. The van der Waals surface area contributed by atoms with Crippen LogP contribution in [0.1, 0.15) is 31.1 Å². The molecule has 0 bridgehead atoms. The van der Waals surface area contributed by atoms with Crippen molar-refractivity contribution in [3.05, 3.63) is 46.5 Å². The van der Waals surface area contributed by atoms with Crippen molar-refractivity contribution < 1.29 is 9.21 Å². The van der Waals surface area contributed by atoms with E-state index in [0.29, 0.717) is 18.4 Å². The number of nitrogens with one attached hydrogen (secondary N) is 3. The van der Waals surface area contributed by atoms with E-state index in [1.54, 1.807) is 23.7 Å². The molecule has 2 aromatic rings. The van der Waals surface area contributed by atoms with E-state index in [9.17, 15) is 4.79 Å². The third-order valence-electron chi connectivity index (χ3n) is 3.45. The highest BCUT2D eigenvalue weighted by atomic mass is 32.1. The van der Waals surface area contributed by atoms with Crippen LogP contribution in [0.4, 0.5) is 0 Å². The molecule has 6 nitrogen and oxygen atoms in total. The Balaban J connectivity index is 1.77. The first-order valence-electron chi connectivity index (χ1n) is 8.02. The van der Waals surface area contributed by atoms with Crippen LogP contribution in [0.15, 0.2) is 44.6 Å². The maximum atomic E-state index is 11.9. The lowest BCUT2D eigenvalue weighted by Gasteiger charge is -2.15. The lowest BCUT2D eigenvalue weighted by atomic mass is 10.1. The van der Waals surface area contributed by atoms with Gasteiger partial charge in [0.05, 0.1) is 12.8 Å². The van der Waals surface area contributed by atoms with Gasteiger partial charge in [0.25, 0.3) is 0 Å². The zero-order valence-corrected chi connectivity index (χ0v) is 14.9. The second-order valence-corrected chi connectivity index (χ2v) is 6.17. The van der Waals surface area contributed by atoms with Crippen LogP contribution in [0.25, 0.3) is 0 Å². The summed E-state index contributed by atoms with van der Waals surface area (Å²) in [6.45, 7) is 6.11. The molecule has 0 spiro atoms. The van der Waals surface area contributed by atoms with Gasteiger partial charge in [-0.2, -0.15) is 11.3 Å². The van der Waals surface area contributed by atoms with Crippen LogP contribution < -0.4 is 16.0 Å². The topological polar surface area (TPSA) is 78.7 Å². The largest absolute Gasteiger partial charge is 0.467 e. The van der Waals surface area contributed by atoms with Crippen molar-refractivity contribution in [2.75, 3.05) is 19.6 Å². The minimum Gasteiger partial charge on any atom is -0.467 e. The van der Waals surface area contributed by atoms with E-state index in [0.717, 1.165) is 18.8 Å². The number of aliphatic imine (C=N–C) groups is 1. The molecule has 7 heteroatoms. The van der Waals surface area contributed by atoms with Crippen LogP contribution in [0, 0.1) is 0 Å². The molecule has 2 aromatic heterocycles. The molecule has 0 aliphatic rings. The number of amides is 1. The van der Waals surface area contributed by atoms with E-state index in [-0.39, 0.29) is 12.5 Å². The van der Waals surface area contributed by atoms with Crippen LogP contribution in [-0.4, -0.2) is 31.5 Å². The van der Waals surface area contributed by atoms with Crippen LogP contribution in [0.2, 0.25) is 0 Å². The molecule has 3 N–H and O–H groups in total. The molecule has 0 aromatic carbocycles. The summed E-state index contributed by atoms with van der Waals surface area (Å²) in [7, 11) is 0. The van der Waals surface area contributed by atoms with Crippen molar-refractivity contribution in [3.8, 4) is 0 Å². The SMILES string of the molecule is CCNC(=NCC(=O)NCc1ccco1)NCC(C)c1ccsc1. The van der Waals surface area contributed by atoms with Gasteiger partial charge in [0, 0.05) is 13.1 Å². The standard InChI is InChI=1S/C17H24N4O2S/c1-3-18-17(20-9-13(2)14-6-8-24-12-14)21-11-16(22)19-10-15-5-4-7-23-15/h4-8,12-13H,3,9-11H2,1-2H3,(H,19,22)(H2,18,20,21). The van der Waals surface area contributed by atoms with Gasteiger partial charge in [-0.3, -0.25) is 4.79 Å². The Morgan fingerprint density at radius 1 is 1.33 bits per heavy atom. The number of nitrogens with zero attached hydrogens (tertiary/aromatic N) is 1. The van der Waals surface area contributed by atoms with Crippen molar-refractivity contribution in [2.24, 2.45) is 4.99 Å². The van der Waals surface area contributed by atoms with Crippen molar-refractivity contribution in [2.45, 2.75) is 26.3 Å². The van der Waals surface area contributed by atoms with Gasteiger partial charge in [-0.1, -0.05) is 6.92 Å². The van der Waals surface area contributed by atoms with E-state index in [4.69, 9.17) is 4.42 Å². The van der Waals surface area contributed by atoms with Gasteiger partial charge in [-0.15, -0.1) is 0 Å². The lowest BCUT2D eigenvalue weighted by molar-refractivity contribution is -0.119. The molecule has 0 fully saturated rings. The fraction of sp³-hybridized carbons (Fsp3) is 0.412. The first-order valence-corrected chi connectivity index (χ1v) is 8.96. The molecule has 24 heavy (non-hydrogen) atoms. The second-order valence-electron chi connectivity index (χ2n) is 5.39. The van der Waals surface area contributed by atoms with Gasteiger partial charge in [0.2, 0.25) is 5.91 Å². The van der Waals surface area contributed by atoms with Gasteiger partial charge in [-0.05, 0) is 47.4 Å². The molecule has 0 radical (unpaired) electrons. The van der Waals surface area contributed by atoms with Gasteiger partial charge in [0.1, 0.15) is 12.3 Å². The maximum absolute atomic E-state index is 11.9. The van der Waals surface area contributed by atoms with E-state index in [1.807, 2.05) is 13.0 Å². The third-order valence-corrected chi connectivity index (χ3v) is 4.15. The minimum atomic E-state index is -0.144. The summed E-state index contributed by atoms with van der Waals surface area (Å²) in [5.41, 5.74) is 1.31. The number of carbonyl (C=O) groups is 1. The molecule has 130 valence electrons. The van der Waals surface area contributed by atoms with E-state index < -0.39 is 0 Å². The summed E-state index contributed by atoms with van der Waals surface area (Å²) in [5.74, 6) is 1.61. The highest BCUT2D eigenvalue weighted by Gasteiger charge is 2.08. The van der Waals surface area contributed by atoms with E-state index >= 15 is 0 Å². The van der Waals surface area contributed by atoms with Gasteiger partial charge in [-0.25, -0.2) is 4.99 Å².